The second-order valence-electron chi connectivity index (χ2n) is 7.51. The van der Waals surface area contributed by atoms with Crippen molar-refractivity contribution < 1.29 is 9.53 Å². The van der Waals surface area contributed by atoms with Crippen molar-refractivity contribution in [1.29, 1.82) is 0 Å². The van der Waals surface area contributed by atoms with Crippen LogP contribution in [-0.4, -0.2) is 64.1 Å². The lowest BCUT2D eigenvalue weighted by molar-refractivity contribution is -0.121. The number of hydrogen-bond donors (Lipinski definition) is 1. The number of methoxy groups -OCH3 is 1. The molecule has 0 atom stereocenters. The number of pyridine rings is 1. The molecule has 1 aliphatic rings. The van der Waals surface area contributed by atoms with Gasteiger partial charge < -0.3 is 15.0 Å². The van der Waals surface area contributed by atoms with Gasteiger partial charge in [0.05, 0.1) is 12.8 Å². The average Bonchev–Trinajstić information content (AvgIpc) is 3.18. The molecule has 1 aliphatic heterocycles. The fourth-order valence-corrected chi connectivity index (χ4v) is 3.72. The van der Waals surface area contributed by atoms with E-state index in [1.807, 2.05) is 37.5 Å². The molecule has 152 valence electrons. The molecule has 0 unspecified atom stereocenters. The van der Waals surface area contributed by atoms with E-state index in [2.05, 4.69) is 25.5 Å². The number of piperidine rings is 1. The standard InChI is InChI=1S/C21H26N6O2/c1-26-14-19(24-25-26)16-3-4-17-13-22-20(12-18(17)11-16)23-21(28)15-5-7-27(8-6-15)9-10-29-2/h3-4,11-15H,5-10H2,1-2H3,(H,22,23,28). The fraction of sp³-hybridized carbons (Fsp3) is 0.429. The Morgan fingerprint density at radius 2 is 2.07 bits per heavy atom. The number of nitrogens with one attached hydrogen (secondary N) is 1. The molecule has 0 radical (unpaired) electrons. The van der Waals surface area contributed by atoms with Crippen LogP contribution in [0.3, 0.4) is 0 Å². The number of nitrogens with zero attached hydrogens (tertiary/aromatic N) is 5. The zero-order valence-corrected chi connectivity index (χ0v) is 16.8. The Bertz CT molecular complexity index is 994. The van der Waals surface area contributed by atoms with Gasteiger partial charge in [-0.2, -0.15) is 0 Å². The molecule has 8 nitrogen and oxygen atoms in total. The quantitative estimate of drug-likeness (QED) is 0.691. The maximum absolute atomic E-state index is 12.7. The van der Waals surface area contributed by atoms with Crippen LogP contribution in [-0.2, 0) is 16.6 Å². The molecular weight excluding hydrogens is 368 g/mol. The van der Waals surface area contributed by atoms with Crippen molar-refractivity contribution in [3.63, 3.8) is 0 Å². The molecule has 1 N–H and O–H groups in total. The van der Waals surface area contributed by atoms with E-state index in [1.165, 1.54) is 0 Å². The van der Waals surface area contributed by atoms with Gasteiger partial charge in [0, 0.05) is 43.8 Å². The number of amides is 1. The SMILES string of the molecule is COCCN1CCC(C(=O)Nc2cc3cc(-c4cn(C)nn4)ccc3cn2)CC1. The summed E-state index contributed by atoms with van der Waals surface area (Å²) in [7, 11) is 3.56. The van der Waals surface area contributed by atoms with Crippen molar-refractivity contribution in [2.75, 3.05) is 38.7 Å². The Balaban J connectivity index is 1.43. The van der Waals surface area contributed by atoms with Crippen molar-refractivity contribution in [3.8, 4) is 11.3 Å². The molecule has 1 amide bonds. The first-order chi connectivity index (χ1) is 14.1. The number of carbonyl (C=O) groups is 1. The molecule has 1 saturated heterocycles. The molecule has 3 heterocycles. The molecular formula is C21H26N6O2. The molecule has 1 aromatic carbocycles. The Kier molecular flexibility index (Phi) is 5.82. The van der Waals surface area contributed by atoms with E-state index in [9.17, 15) is 4.79 Å². The summed E-state index contributed by atoms with van der Waals surface area (Å²) in [6.45, 7) is 3.50. The van der Waals surface area contributed by atoms with Gasteiger partial charge in [0.2, 0.25) is 5.91 Å². The number of benzene rings is 1. The summed E-state index contributed by atoms with van der Waals surface area (Å²) < 4.78 is 6.81. The van der Waals surface area contributed by atoms with Crippen molar-refractivity contribution in [3.05, 3.63) is 36.7 Å². The molecule has 3 aromatic rings. The van der Waals surface area contributed by atoms with Crippen LogP contribution in [0.5, 0.6) is 0 Å². The van der Waals surface area contributed by atoms with Gasteiger partial charge in [-0.3, -0.25) is 9.48 Å². The second kappa shape index (κ2) is 8.67. The largest absolute Gasteiger partial charge is 0.383 e. The van der Waals surface area contributed by atoms with Gasteiger partial charge in [0.15, 0.2) is 0 Å². The van der Waals surface area contributed by atoms with Gasteiger partial charge in [-0.05, 0) is 43.5 Å². The molecule has 0 aliphatic carbocycles. The normalized spacial score (nSPS) is 15.7. The predicted molar refractivity (Wildman–Crippen MR) is 111 cm³/mol. The minimum atomic E-state index is 0.0252. The van der Waals surface area contributed by atoms with E-state index < -0.39 is 0 Å². The van der Waals surface area contributed by atoms with Gasteiger partial charge in [0.25, 0.3) is 0 Å². The van der Waals surface area contributed by atoms with E-state index >= 15 is 0 Å². The fourth-order valence-electron chi connectivity index (χ4n) is 3.72. The number of aryl methyl sites for hydroxylation is 1. The Hall–Kier alpha value is -2.84. The number of rotatable bonds is 6. The lowest BCUT2D eigenvalue weighted by Crippen LogP contribution is -2.39. The Labute approximate surface area is 169 Å². The summed E-state index contributed by atoms with van der Waals surface area (Å²) in [5.74, 6) is 0.658. The third kappa shape index (κ3) is 4.60. The maximum atomic E-state index is 12.7. The summed E-state index contributed by atoms with van der Waals surface area (Å²) in [4.78, 5) is 19.5. The molecule has 0 bridgehead atoms. The summed E-state index contributed by atoms with van der Waals surface area (Å²) in [6.07, 6.45) is 5.39. The summed E-state index contributed by atoms with van der Waals surface area (Å²) in [6, 6.07) is 7.98. The Morgan fingerprint density at radius 1 is 1.24 bits per heavy atom. The van der Waals surface area contributed by atoms with Gasteiger partial charge in [-0.25, -0.2) is 4.98 Å². The van der Waals surface area contributed by atoms with Crippen molar-refractivity contribution in [2.24, 2.45) is 13.0 Å². The number of hydrogen-bond acceptors (Lipinski definition) is 6. The molecule has 0 saturated carbocycles. The number of carbonyl (C=O) groups excluding carboxylic acids is 1. The lowest BCUT2D eigenvalue weighted by Gasteiger charge is -2.30. The summed E-state index contributed by atoms with van der Waals surface area (Å²) in [5.41, 5.74) is 1.80. The molecule has 0 spiro atoms. The average molecular weight is 394 g/mol. The van der Waals surface area contributed by atoms with Crippen LogP contribution in [0, 0.1) is 5.92 Å². The van der Waals surface area contributed by atoms with E-state index in [0.29, 0.717) is 5.82 Å². The minimum absolute atomic E-state index is 0.0252. The molecule has 8 heteroatoms. The first-order valence-corrected chi connectivity index (χ1v) is 9.91. The number of likely N-dealkylation sites (tertiary alicyclic amines) is 1. The summed E-state index contributed by atoms with van der Waals surface area (Å²) >= 11 is 0. The predicted octanol–water partition coefficient (Wildman–Crippen LogP) is 2.33. The highest BCUT2D eigenvalue weighted by atomic mass is 16.5. The van der Waals surface area contributed by atoms with Crippen LogP contribution in [0.1, 0.15) is 12.8 Å². The van der Waals surface area contributed by atoms with Crippen molar-refractivity contribution in [1.82, 2.24) is 24.9 Å². The summed E-state index contributed by atoms with van der Waals surface area (Å²) in [5, 5.41) is 13.2. The van der Waals surface area contributed by atoms with Gasteiger partial charge in [0.1, 0.15) is 11.5 Å². The van der Waals surface area contributed by atoms with Gasteiger partial charge in [-0.15, -0.1) is 5.10 Å². The molecule has 29 heavy (non-hydrogen) atoms. The van der Waals surface area contributed by atoms with E-state index in [-0.39, 0.29) is 11.8 Å². The van der Waals surface area contributed by atoms with Crippen LogP contribution >= 0.6 is 0 Å². The molecule has 2 aromatic heterocycles. The zero-order chi connectivity index (χ0) is 20.2. The van der Waals surface area contributed by atoms with Gasteiger partial charge >= 0.3 is 0 Å². The van der Waals surface area contributed by atoms with Crippen molar-refractivity contribution in [2.45, 2.75) is 12.8 Å². The first kappa shape index (κ1) is 19.5. The van der Waals surface area contributed by atoms with Crippen LogP contribution in [0.2, 0.25) is 0 Å². The van der Waals surface area contributed by atoms with Crippen LogP contribution in [0.4, 0.5) is 5.82 Å². The number of anilines is 1. The monoisotopic (exact) mass is 394 g/mol. The number of fused-ring (bicyclic) bond motifs is 1. The van der Waals surface area contributed by atoms with Crippen LogP contribution in [0.15, 0.2) is 36.7 Å². The number of aromatic nitrogens is 4. The van der Waals surface area contributed by atoms with Crippen LogP contribution < -0.4 is 5.32 Å². The minimum Gasteiger partial charge on any atom is -0.383 e. The highest BCUT2D eigenvalue weighted by Gasteiger charge is 2.25. The van der Waals surface area contributed by atoms with E-state index in [4.69, 9.17) is 4.74 Å². The highest BCUT2D eigenvalue weighted by molar-refractivity contribution is 5.95. The van der Waals surface area contributed by atoms with Crippen molar-refractivity contribution >= 4 is 22.5 Å². The Morgan fingerprint density at radius 3 is 2.79 bits per heavy atom. The topological polar surface area (TPSA) is 85.2 Å². The van der Waals surface area contributed by atoms with Crippen LogP contribution in [0.25, 0.3) is 22.0 Å². The lowest BCUT2D eigenvalue weighted by atomic mass is 9.96. The smallest absolute Gasteiger partial charge is 0.228 e. The molecule has 1 fully saturated rings. The maximum Gasteiger partial charge on any atom is 0.228 e. The van der Waals surface area contributed by atoms with E-state index in [0.717, 1.165) is 61.1 Å². The van der Waals surface area contributed by atoms with Gasteiger partial charge in [-0.1, -0.05) is 17.3 Å². The highest BCUT2D eigenvalue weighted by Crippen LogP contribution is 2.25. The molecule has 4 rings (SSSR count). The third-order valence-corrected chi connectivity index (χ3v) is 5.44. The second-order valence-corrected chi connectivity index (χ2v) is 7.51. The van der Waals surface area contributed by atoms with E-state index in [1.54, 1.807) is 18.0 Å². The first-order valence-electron chi connectivity index (χ1n) is 9.91. The number of ether oxygens (including phenoxy) is 1. The zero-order valence-electron chi connectivity index (χ0n) is 16.8. The third-order valence-electron chi connectivity index (χ3n) is 5.44.